The summed E-state index contributed by atoms with van der Waals surface area (Å²) in [5, 5.41) is 3.77. The lowest BCUT2D eigenvalue weighted by Gasteiger charge is -2.29. The van der Waals surface area contributed by atoms with Gasteiger partial charge in [0.25, 0.3) is 5.56 Å². The Morgan fingerprint density at radius 3 is 2.76 bits per heavy atom. The molecule has 0 fully saturated rings. The first-order valence-corrected chi connectivity index (χ1v) is 8.51. The molecule has 1 unspecified atom stereocenters. The number of esters is 1. The van der Waals surface area contributed by atoms with Crippen LogP contribution < -0.4 is 10.9 Å². The number of fused-ring (bicyclic) bond motifs is 1. The Morgan fingerprint density at radius 2 is 2.04 bits per heavy atom. The zero-order chi connectivity index (χ0) is 18.1. The van der Waals surface area contributed by atoms with Gasteiger partial charge in [-0.3, -0.25) is 4.79 Å². The number of carbonyl (C=O) groups excluding carboxylic acids is 1. The Bertz CT molecular complexity index is 934. The molecule has 1 aromatic carbocycles. The molecule has 5 nitrogen and oxygen atoms in total. The molecule has 1 aliphatic rings. The number of benzene rings is 1. The predicted octanol–water partition coefficient (Wildman–Crippen LogP) is 4.08. The minimum absolute atomic E-state index is 0.226. The van der Waals surface area contributed by atoms with Crippen molar-refractivity contribution < 1.29 is 9.53 Å². The quantitative estimate of drug-likeness (QED) is 0.789. The van der Waals surface area contributed by atoms with Crippen LogP contribution in [0.3, 0.4) is 0 Å². The fraction of sp³-hybridized carbons (Fsp3) is 0.222. The smallest absolute Gasteiger partial charge is 0.336 e. The van der Waals surface area contributed by atoms with Gasteiger partial charge in [-0.15, -0.1) is 0 Å². The summed E-state index contributed by atoms with van der Waals surface area (Å²) >= 11 is 12.6. The van der Waals surface area contributed by atoms with Crippen molar-refractivity contribution >= 4 is 34.9 Å². The van der Waals surface area contributed by atoms with Gasteiger partial charge in [-0.25, -0.2) is 4.79 Å². The first-order chi connectivity index (χ1) is 12.0. The van der Waals surface area contributed by atoms with Crippen LogP contribution in [0, 0.1) is 0 Å². The Morgan fingerprint density at radius 1 is 1.28 bits per heavy atom. The molecule has 1 aromatic heterocycles. The van der Waals surface area contributed by atoms with Crippen LogP contribution in [0.2, 0.25) is 10.0 Å². The molecule has 0 saturated carbocycles. The number of nitrogens with one attached hydrogen (secondary N) is 2. The number of aromatic amines is 1. The Hall–Kier alpha value is -2.24. The number of ether oxygens (including phenoxy) is 1. The second kappa shape index (κ2) is 6.94. The maximum absolute atomic E-state index is 12.6. The summed E-state index contributed by atoms with van der Waals surface area (Å²) in [7, 11) is 0. The molecular formula is C18H16Cl2N2O3. The van der Waals surface area contributed by atoms with Gasteiger partial charge in [0.15, 0.2) is 0 Å². The third-order valence-electron chi connectivity index (χ3n) is 4.09. The number of allylic oxidation sites excluding steroid dienone is 1. The summed E-state index contributed by atoms with van der Waals surface area (Å²) < 4.78 is 5.20. The van der Waals surface area contributed by atoms with Crippen molar-refractivity contribution in [3.05, 3.63) is 73.3 Å². The van der Waals surface area contributed by atoms with E-state index < -0.39 is 11.9 Å². The fourth-order valence-electron chi connectivity index (χ4n) is 3.05. The molecule has 0 aliphatic carbocycles. The molecule has 1 atom stereocenters. The molecule has 0 bridgehead atoms. The van der Waals surface area contributed by atoms with E-state index in [4.69, 9.17) is 27.9 Å². The van der Waals surface area contributed by atoms with Crippen molar-refractivity contribution in [2.45, 2.75) is 19.8 Å². The van der Waals surface area contributed by atoms with Crippen LogP contribution in [0.1, 0.15) is 30.9 Å². The van der Waals surface area contributed by atoms with Crippen molar-refractivity contribution in [1.29, 1.82) is 0 Å². The summed E-state index contributed by atoms with van der Waals surface area (Å²) in [5.74, 6) is -1.17. The molecule has 25 heavy (non-hydrogen) atoms. The number of H-pyrrole nitrogens is 1. The highest BCUT2D eigenvalue weighted by molar-refractivity contribution is 6.42. The van der Waals surface area contributed by atoms with Crippen molar-refractivity contribution in [3.8, 4) is 0 Å². The van der Waals surface area contributed by atoms with Crippen LogP contribution in [0.4, 0.5) is 5.69 Å². The molecule has 1 aliphatic heterocycles. The van der Waals surface area contributed by atoms with E-state index in [9.17, 15) is 9.59 Å². The summed E-state index contributed by atoms with van der Waals surface area (Å²) in [6.07, 6.45) is 1.55. The van der Waals surface area contributed by atoms with Crippen molar-refractivity contribution in [1.82, 2.24) is 4.98 Å². The number of halogens is 2. The van der Waals surface area contributed by atoms with E-state index in [-0.39, 0.29) is 12.2 Å². The molecule has 0 radical (unpaired) electrons. The van der Waals surface area contributed by atoms with Gasteiger partial charge in [0.2, 0.25) is 0 Å². The lowest BCUT2D eigenvalue weighted by molar-refractivity contribution is -0.138. The number of anilines is 1. The number of rotatable bonds is 3. The van der Waals surface area contributed by atoms with Crippen LogP contribution in [-0.4, -0.2) is 17.6 Å². The van der Waals surface area contributed by atoms with Gasteiger partial charge in [0, 0.05) is 17.6 Å². The second-order valence-corrected chi connectivity index (χ2v) is 6.38. The second-order valence-electron chi connectivity index (χ2n) is 5.59. The van der Waals surface area contributed by atoms with E-state index in [0.29, 0.717) is 38.1 Å². The van der Waals surface area contributed by atoms with Gasteiger partial charge >= 0.3 is 5.97 Å². The Kier molecular flexibility index (Phi) is 4.88. The third-order valence-corrected chi connectivity index (χ3v) is 4.92. The molecule has 0 saturated heterocycles. The first kappa shape index (κ1) is 17.6. The normalized spacial score (nSPS) is 16.2. The molecule has 2 heterocycles. The highest BCUT2D eigenvalue weighted by Crippen LogP contribution is 2.43. The standard InChI is InChI=1S/C18H16Cl2N2O3/c1-3-25-18(24)13-9(2)22-12-7-8-21-17(23)15(12)14(13)10-5-4-6-11(19)16(10)20/h4-8,14,22H,3H2,1-2H3,(H,21,23). The SMILES string of the molecule is CCOC(=O)C1=C(C)Nc2cc[nH]c(=O)c2C1c1cccc(Cl)c1Cl. The van der Waals surface area contributed by atoms with Crippen LogP contribution in [-0.2, 0) is 9.53 Å². The molecule has 0 amide bonds. The van der Waals surface area contributed by atoms with Gasteiger partial charge in [0.05, 0.1) is 33.7 Å². The average molecular weight is 379 g/mol. The third kappa shape index (κ3) is 3.05. The van der Waals surface area contributed by atoms with Crippen LogP contribution >= 0.6 is 23.2 Å². The van der Waals surface area contributed by atoms with E-state index in [1.54, 1.807) is 44.3 Å². The van der Waals surface area contributed by atoms with Gasteiger partial charge in [-0.1, -0.05) is 35.3 Å². The minimum Gasteiger partial charge on any atom is -0.463 e. The Labute approximate surface area is 154 Å². The molecule has 7 heteroatoms. The maximum Gasteiger partial charge on any atom is 0.336 e. The van der Waals surface area contributed by atoms with Crippen LogP contribution in [0.25, 0.3) is 0 Å². The van der Waals surface area contributed by atoms with Gasteiger partial charge < -0.3 is 15.0 Å². The zero-order valence-corrected chi connectivity index (χ0v) is 15.2. The van der Waals surface area contributed by atoms with E-state index in [1.165, 1.54) is 0 Å². The van der Waals surface area contributed by atoms with E-state index in [0.717, 1.165) is 0 Å². The molecule has 3 rings (SSSR count). The van der Waals surface area contributed by atoms with Crippen molar-refractivity contribution in [2.24, 2.45) is 0 Å². The minimum atomic E-state index is -0.675. The number of pyridine rings is 1. The number of aromatic nitrogens is 1. The van der Waals surface area contributed by atoms with Gasteiger partial charge in [-0.05, 0) is 31.5 Å². The van der Waals surface area contributed by atoms with Gasteiger partial charge in [0.1, 0.15) is 0 Å². The monoisotopic (exact) mass is 378 g/mol. The molecule has 2 aromatic rings. The van der Waals surface area contributed by atoms with Crippen molar-refractivity contribution in [3.63, 3.8) is 0 Å². The molecule has 2 N–H and O–H groups in total. The average Bonchev–Trinajstić information content (AvgIpc) is 2.56. The lowest BCUT2D eigenvalue weighted by Crippen LogP contribution is -2.30. The molecule has 0 spiro atoms. The largest absolute Gasteiger partial charge is 0.463 e. The van der Waals surface area contributed by atoms with E-state index in [1.807, 2.05) is 0 Å². The summed E-state index contributed by atoms with van der Waals surface area (Å²) in [6.45, 7) is 3.72. The number of hydrogen-bond donors (Lipinski definition) is 2. The molecular weight excluding hydrogens is 363 g/mol. The highest BCUT2D eigenvalue weighted by atomic mass is 35.5. The first-order valence-electron chi connectivity index (χ1n) is 7.76. The topological polar surface area (TPSA) is 71.2 Å². The number of hydrogen-bond acceptors (Lipinski definition) is 4. The summed E-state index contributed by atoms with van der Waals surface area (Å²) in [5.41, 5.74) is 2.25. The summed E-state index contributed by atoms with van der Waals surface area (Å²) in [4.78, 5) is 27.8. The zero-order valence-electron chi connectivity index (χ0n) is 13.7. The Balaban J connectivity index is 2.31. The van der Waals surface area contributed by atoms with E-state index >= 15 is 0 Å². The predicted molar refractivity (Wildman–Crippen MR) is 98.3 cm³/mol. The fourth-order valence-corrected chi connectivity index (χ4v) is 3.47. The highest BCUT2D eigenvalue weighted by Gasteiger charge is 2.36. The summed E-state index contributed by atoms with van der Waals surface area (Å²) in [6, 6.07) is 6.90. The van der Waals surface area contributed by atoms with Crippen LogP contribution in [0.15, 0.2) is 46.5 Å². The van der Waals surface area contributed by atoms with Gasteiger partial charge in [-0.2, -0.15) is 0 Å². The lowest BCUT2D eigenvalue weighted by atomic mass is 9.81. The van der Waals surface area contributed by atoms with Crippen LogP contribution in [0.5, 0.6) is 0 Å². The van der Waals surface area contributed by atoms with Crippen molar-refractivity contribution in [2.75, 3.05) is 11.9 Å². The molecule has 130 valence electrons. The number of carbonyl (C=O) groups is 1. The maximum atomic E-state index is 12.6. The van der Waals surface area contributed by atoms with E-state index in [2.05, 4.69) is 10.3 Å².